The fourth-order valence-corrected chi connectivity index (χ4v) is 3.85. The average Bonchev–Trinajstić information content (AvgIpc) is 2.91. The number of aliphatic imine (C=N–C) groups is 1. The Morgan fingerprint density at radius 3 is 2.72 bits per heavy atom. The maximum absolute atomic E-state index is 6.18. The highest BCUT2D eigenvalue weighted by Gasteiger charge is 2.38. The van der Waals surface area contributed by atoms with Gasteiger partial charge < -0.3 is 19.9 Å². The van der Waals surface area contributed by atoms with E-state index in [2.05, 4.69) is 25.8 Å². The molecule has 2 heterocycles. The second-order valence-corrected chi connectivity index (χ2v) is 7.07. The van der Waals surface area contributed by atoms with E-state index in [1.54, 1.807) is 0 Å². The predicted octanol–water partition coefficient (Wildman–Crippen LogP) is 2.29. The van der Waals surface area contributed by atoms with Crippen LogP contribution in [0.4, 0.5) is 0 Å². The van der Waals surface area contributed by atoms with E-state index in [-0.39, 0.29) is 29.6 Å². The zero-order valence-electron chi connectivity index (χ0n) is 15.5. The highest BCUT2D eigenvalue weighted by Crippen LogP contribution is 2.38. The van der Waals surface area contributed by atoms with E-state index >= 15 is 0 Å². The van der Waals surface area contributed by atoms with Gasteiger partial charge in [-0.05, 0) is 32.6 Å². The van der Waals surface area contributed by atoms with Crippen molar-refractivity contribution in [1.29, 1.82) is 0 Å². The van der Waals surface area contributed by atoms with Gasteiger partial charge in [-0.2, -0.15) is 0 Å². The molecule has 1 spiro atoms. The summed E-state index contributed by atoms with van der Waals surface area (Å²) in [6.07, 6.45) is 8.47. The molecule has 2 fully saturated rings. The van der Waals surface area contributed by atoms with Crippen molar-refractivity contribution >= 4 is 29.9 Å². The third kappa shape index (κ3) is 5.06. The van der Waals surface area contributed by atoms with Gasteiger partial charge in [-0.1, -0.05) is 19.3 Å². The molecule has 25 heavy (non-hydrogen) atoms. The maximum Gasteiger partial charge on any atom is 0.191 e. The molecule has 1 aromatic rings. The first-order valence-corrected chi connectivity index (χ1v) is 9.08. The number of aryl methyl sites for hydroxylation is 1. The first kappa shape index (κ1) is 20.4. The molecule has 0 amide bonds. The Morgan fingerprint density at radius 2 is 2.08 bits per heavy atom. The number of hydrogen-bond donors (Lipinski definition) is 2. The van der Waals surface area contributed by atoms with Crippen LogP contribution in [0.15, 0.2) is 4.99 Å². The molecule has 1 atom stereocenters. The third-order valence-electron chi connectivity index (χ3n) is 5.42. The minimum atomic E-state index is 0. The van der Waals surface area contributed by atoms with Gasteiger partial charge in [0.15, 0.2) is 11.8 Å². The summed E-state index contributed by atoms with van der Waals surface area (Å²) in [4.78, 5) is 4.36. The van der Waals surface area contributed by atoms with E-state index in [1.165, 1.54) is 32.1 Å². The van der Waals surface area contributed by atoms with E-state index < -0.39 is 0 Å². The monoisotopic (exact) mass is 462 g/mol. The van der Waals surface area contributed by atoms with Crippen molar-refractivity contribution in [3.8, 4) is 0 Å². The van der Waals surface area contributed by atoms with Gasteiger partial charge in [-0.3, -0.25) is 4.99 Å². The molecular formula is C17H31IN6O. The van der Waals surface area contributed by atoms with Crippen LogP contribution in [0, 0.1) is 6.92 Å². The molecule has 1 aromatic heterocycles. The molecule has 0 bridgehead atoms. The minimum absolute atomic E-state index is 0. The van der Waals surface area contributed by atoms with Crippen LogP contribution in [0.2, 0.25) is 0 Å². The third-order valence-corrected chi connectivity index (χ3v) is 5.42. The number of aromatic nitrogens is 3. The second-order valence-electron chi connectivity index (χ2n) is 7.07. The van der Waals surface area contributed by atoms with Crippen LogP contribution in [-0.4, -0.2) is 46.0 Å². The lowest BCUT2D eigenvalue weighted by Gasteiger charge is -2.43. The van der Waals surface area contributed by atoms with Crippen molar-refractivity contribution in [3.63, 3.8) is 0 Å². The molecule has 142 valence electrons. The van der Waals surface area contributed by atoms with Gasteiger partial charge >= 0.3 is 0 Å². The molecular weight excluding hydrogens is 431 g/mol. The van der Waals surface area contributed by atoms with Gasteiger partial charge in [0.2, 0.25) is 0 Å². The molecule has 7 nitrogen and oxygen atoms in total. The van der Waals surface area contributed by atoms with Gasteiger partial charge in [-0.15, -0.1) is 34.2 Å². The first-order valence-electron chi connectivity index (χ1n) is 9.08. The van der Waals surface area contributed by atoms with Gasteiger partial charge in [-0.25, -0.2) is 0 Å². The first-order chi connectivity index (χ1) is 11.6. The highest BCUT2D eigenvalue weighted by molar-refractivity contribution is 14.0. The summed E-state index contributed by atoms with van der Waals surface area (Å²) in [5.74, 6) is 2.65. The molecule has 0 aromatic carbocycles. The van der Waals surface area contributed by atoms with Crippen molar-refractivity contribution in [3.05, 3.63) is 11.6 Å². The Labute approximate surface area is 167 Å². The Bertz CT molecular complexity index is 576. The fourth-order valence-electron chi connectivity index (χ4n) is 3.85. The summed E-state index contributed by atoms with van der Waals surface area (Å²) in [7, 11) is 3.79. The van der Waals surface area contributed by atoms with E-state index in [1.807, 2.05) is 25.6 Å². The molecule has 1 aliphatic carbocycles. The lowest BCUT2D eigenvalue weighted by atomic mass is 9.78. The molecule has 2 aliphatic rings. The number of guanidine groups is 1. The van der Waals surface area contributed by atoms with E-state index in [0.29, 0.717) is 12.6 Å². The van der Waals surface area contributed by atoms with E-state index in [0.717, 1.165) is 37.1 Å². The number of nitrogens with zero attached hydrogens (tertiary/aromatic N) is 4. The summed E-state index contributed by atoms with van der Waals surface area (Å²) in [6.45, 7) is 3.41. The Morgan fingerprint density at radius 1 is 1.32 bits per heavy atom. The van der Waals surface area contributed by atoms with Crippen LogP contribution in [0.3, 0.4) is 0 Å². The summed E-state index contributed by atoms with van der Waals surface area (Å²) in [6, 6.07) is 0.421. The van der Waals surface area contributed by atoms with Crippen LogP contribution in [0.5, 0.6) is 0 Å². The van der Waals surface area contributed by atoms with Gasteiger partial charge in [0.1, 0.15) is 5.82 Å². The molecule has 1 unspecified atom stereocenters. The van der Waals surface area contributed by atoms with E-state index in [4.69, 9.17) is 4.74 Å². The molecule has 1 saturated heterocycles. The zero-order valence-corrected chi connectivity index (χ0v) is 17.9. The van der Waals surface area contributed by atoms with Crippen LogP contribution in [0.25, 0.3) is 0 Å². The van der Waals surface area contributed by atoms with E-state index in [9.17, 15) is 0 Å². The SMILES string of the molecule is CN=C(NCc1nnc(C)n1C)NC1CCOC2(CCCCC2)C1.I. The Hall–Kier alpha value is -0.900. The van der Waals surface area contributed by atoms with Crippen LogP contribution in [-0.2, 0) is 18.3 Å². The lowest BCUT2D eigenvalue weighted by Crippen LogP contribution is -2.52. The molecule has 0 radical (unpaired) electrons. The van der Waals surface area contributed by atoms with Crippen LogP contribution >= 0.6 is 24.0 Å². The van der Waals surface area contributed by atoms with Crippen molar-refractivity contribution in [2.24, 2.45) is 12.0 Å². The normalized spacial score (nSPS) is 23.2. The molecule has 8 heteroatoms. The van der Waals surface area contributed by atoms with Crippen molar-refractivity contribution < 1.29 is 4.74 Å². The quantitative estimate of drug-likeness (QED) is 0.410. The summed E-state index contributed by atoms with van der Waals surface area (Å²) in [5.41, 5.74) is 0.105. The highest BCUT2D eigenvalue weighted by atomic mass is 127. The topological polar surface area (TPSA) is 76.4 Å². The standard InChI is InChI=1S/C17H30N6O.HI/c1-13-21-22-15(23(13)3)12-19-16(18-2)20-14-7-10-24-17(11-14)8-5-4-6-9-17;/h14H,4-12H2,1-3H3,(H2,18,19,20);1H. The number of halogens is 1. The maximum atomic E-state index is 6.18. The predicted molar refractivity (Wildman–Crippen MR) is 109 cm³/mol. The smallest absolute Gasteiger partial charge is 0.191 e. The largest absolute Gasteiger partial charge is 0.375 e. The Balaban J connectivity index is 0.00000225. The van der Waals surface area contributed by atoms with Crippen molar-refractivity contribution in [1.82, 2.24) is 25.4 Å². The second kappa shape index (κ2) is 9.16. The fraction of sp³-hybridized carbons (Fsp3) is 0.824. The number of rotatable bonds is 3. The molecule has 1 saturated carbocycles. The minimum Gasteiger partial charge on any atom is -0.375 e. The van der Waals surface area contributed by atoms with Gasteiger partial charge in [0.25, 0.3) is 0 Å². The zero-order chi connectivity index (χ0) is 17.0. The summed E-state index contributed by atoms with van der Waals surface area (Å²) < 4.78 is 8.17. The van der Waals surface area contributed by atoms with Gasteiger partial charge in [0, 0.05) is 26.7 Å². The summed E-state index contributed by atoms with van der Waals surface area (Å²) in [5, 5.41) is 15.2. The van der Waals surface area contributed by atoms with Crippen LogP contribution in [0.1, 0.15) is 56.6 Å². The van der Waals surface area contributed by atoms with Crippen molar-refractivity contribution in [2.45, 2.75) is 70.1 Å². The van der Waals surface area contributed by atoms with Crippen LogP contribution < -0.4 is 10.6 Å². The Kier molecular flexibility index (Phi) is 7.48. The summed E-state index contributed by atoms with van der Waals surface area (Å²) >= 11 is 0. The number of hydrogen-bond acceptors (Lipinski definition) is 4. The van der Waals surface area contributed by atoms with Crippen molar-refractivity contribution in [2.75, 3.05) is 13.7 Å². The lowest BCUT2D eigenvalue weighted by molar-refractivity contribution is -0.107. The molecule has 2 N–H and O–H groups in total. The van der Waals surface area contributed by atoms with Gasteiger partial charge in [0.05, 0.1) is 12.1 Å². The average molecular weight is 462 g/mol. The molecule has 1 aliphatic heterocycles. The number of nitrogens with one attached hydrogen (secondary N) is 2. The molecule has 3 rings (SSSR count). The number of ether oxygens (including phenoxy) is 1.